The van der Waals surface area contributed by atoms with E-state index in [4.69, 9.17) is 10.8 Å². The van der Waals surface area contributed by atoms with Gasteiger partial charge in [-0.25, -0.2) is 9.78 Å². The molecule has 10 nitrogen and oxygen atoms in total. The topological polar surface area (TPSA) is 156 Å². The van der Waals surface area contributed by atoms with Crippen LogP contribution in [0.3, 0.4) is 0 Å². The van der Waals surface area contributed by atoms with Crippen molar-refractivity contribution >= 4 is 45.1 Å². The normalized spacial score (nSPS) is 12.2. The standard InChI is InChI=1S/C25H29N5O5S/c1-15(2)13-16-7-5-9-17-22(16)36-21(27-17)14-30-12-6-10-19(24(30)33)28-23(32)18(29-25(34)35)8-3-4-11-20(26)31/h4-7,9-12,15,18,29H,3,8,13-14H2,1-2H3,(H2,26,31)(H,28,32)(H,34,35)/b11-4+. The van der Waals surface area contributed by atoms with E-state index in [1.165, 1.54) is 22.3 Å². The second-order valence-electron chi connectivity index (χ2n) is 8.70. The van der Waals surface area contributed by atoms with Gasteiger partial charge in [0.05, 0.1) is 16.8 Å². The smallest absolute Gasteiger partial charge is 0.405 e. The highest BCUT2D eigenvalue weighted by Crippen LogP contribution is 2.28. The number of carbonyl (C=O) groups excluding carboxylic acids is 2. The van der Waals surface area contributed by atoms with E-state index in [-0.39, 0.29) is 25.1 Å². The summed E-state index contributed by atoms with van der Waals surface area (Å²) in [6.45, 7) is 4.56. The lowest BCUT2D eigenvalue weighted by Gasteiger charge is -2.16. The molecule has 5 N–H and O–H groups in total. The zero-order valence-electron chi connectivity index (χ0n) is 20.1. The Kier molecular flexibility index (Phi) is 8.96. The molecule has 11 heteroatoms. The minimum Gasteiger partial charge on any atom is -0.465 e. The summed E-state index contributed by atoms with van der Waals surface area (Å²) in [6, 6.07) is 7.99. The lowest BCUT2D eigenvalue weighted by atomic mass is 10.0. The molecule has 1 unspecified atom stereocenters. The number of nitrogens with one attached hydrogen (secondary N) is 2. The molecule has 3 aromatic rings. The molecular formula is C25H29N5O5S. The first-order chi connectivity index (χ1) is 17.1. The summed E-state index contributed by atoms with van der Waals surface area (Å²) >= 11 is 1.54. The van der Waals surface area contributed by atoms with Crippen molar-refractivity contribution in [3.63, 3.8) is 0 Å². The van der Waals surface area contributed by atoms with E-state index >= 15 is 0 Å². The first kappa shape index (κ1) is 26.6. The Morgan fingerprint density at radius 2 is 2.00 bits per heavy atom. The van der Waals surface area contributed by atoms with Gasteiger partial charge in [0.2, 0.25) is 11.8 Å². The Bertz CT molecular complexity index is 1340. The van der Waals surface area contributed by atoms with Crippen molar-refractivity contribution in [3.8, 4) is 0 Å². The van der Waals surface area contributed by atoms with Crippen molar-refractivity contribution in [1.82, 2.24) is 14.9 Å². The number of anilines is 1. The van der Waals surface area contributed by atoms with Gasteiger partial charge >= 0.3 is 6.09 Å². The third kappa shape index (κ3) is 7.25. The fraction of sp³-hybridized carbons (Fsp3) is 0.320. The van der Waals surface area contributed by atoms with Crippen LogP contribution in [-0.4, -0.2) is 38.6 Å². The minimum absolute atomic E-state index is 0.0222. The van der Waals surface area contributed by atoms with Crippen LogP contribution in [0.25, 0.3) is 10.2 Å². The maximum absolute atomic E-state index is 13.0. The zero-order chi connectivity index (χ0) is 26.2. The van der Waals surface area contributed by atoms with Gasteiger partial charge in [0.1, 0.15) is 16.7 Å². The quantitative estimate of drug-likeness (QED) is 0.290. The first-order valence-corrected chi connectivity index (χ1v) is 12.3. The molecule has 190 valence electrons. The van der Waals surface area contributed by atoms with E-state index in [0.717, 1.165) is 27.7 Å². The monoisotopic (exact) mass is 511 g/mol. The SMILES string of the molecule is CC(C)Cc1cccc2nc(Cn3cccc(NC(=O)C(CC/C=C/C(N)=O)NC(=O)O)c3=O)sc12. The van der Waals surface area contributed by atoms with Gasteiger partial charge in [-0.1, -0.05) is 32.1 Å². The van der Waals surface area contributed by atoms with Gasteiger partial charge in [-0.15, -0.1) is 11.3 Å². The number of rotatable bonds is 11. The average molecular weight is 512 g/mol. The van der Waals surface area contributed by atoms with E-state index in [2.05, 4.69) is 35.5 Å². The van der Waals surface area contributed by atoms with E-state index in [1.807, 2.05) is 12.1 Å². The van der Waals surface area contributed by atoms with Crippen LogP contribution >= 0.6 is 11.3 Å². The number of carbonyl (C=O) groups is 3. The highest BCUT2D eigenvalue weighted by Gasteiger charge is 2.21. The molecule has 0 saturated heterocycles. The van der Waals surface area contributed by atoms with E-state index in [0.29, 0.717) is 5.92 Å². The zero-order valence-corrected chi connectivity index (χ0v) is 20.9. The summed E-state index contributed by atoms with van der Waals surface area (Å²) in [7, 11) is 0. The maximum Gasteiger partial charge on any atom is 0.405 e. The number of nitrogens with two attached hydrogens (primary N) is 1. The summed E-state index contributed by atoms with van der Waals surface area (Å²) in [4.78, 5) is 52.4. The maximum atomic E-state index is 13.0. The molecule has 3 amide bonds. The molecule has 3 rings (SSSR count). The number of nitrogens with zero attached hydrogens (tertiary/aromatic N) is 2. The highest BCUT2D eigenvalue weighted by atomic mass is 32.1. The van der Waals surface area contributed by atoms with Crippen LogP contribution in [0.1, 0.15) is 37.3 Å². The molecule has 1 atom stereocenters. The average Bonchev–Trinajstić information content (AvgIpc) is 3.21. The molecule has 0 aliphatic rings. The number of aromatic nitrogens is 2. The summed E-state index contributed by atoms with van der Waals surface area (Å²) in [5, 5.41) is 14.5. The molecule has 0 spiro atoms. The number of pyridine rings is 1. The number of primary amides is 1. The Balaban J connectivity index is 1.77. The van der Waals surface area contributed by atoms with Crippen molar-refractivity contribution < 1.29 is 19.5 Å². The third-order valence-corrected chi connectivity index (χ3v) is 6.40. The summed E-state index contributed by atoms with van der Waals surface area (Å²) < 4.78 is 2.55. The van der Waals surface area contributed by atoms with Crippen LogP contribution in [0.2, 0.25) is 0 Å². The van der Waals surface area contributed by atoms with Gasteiger partial charge in [0.15, 0.2) is 0 Å². The summed E-state index contributed by atoms with van der Waals surface area (Å²) in [5.41, 5.74) is 6.73. The molecule has 2 aromatic heterocycles. The van der Waals surface area contributed by atoms with Crippen LogP contribution in [0.5, 0.6) is 0 Å². The van der Waals surface area contributed by atoms with E-state index in [9.17, 15) is 19.2 Å². The number of benzene rings is 1. The van der Waals surface area contributed by atoms with Crippen LogP contribution in [-0.2, 0) is 22.6 Å². The van der Waals surface area contributed by atoms with E-state index in [1.54, 1.807) is 23.6 Å². The Morgan fingerprint density at radius 3 is 2.69 bits per heavy atom. The van der Waals surface area contributed by atoms with Crippen LogP contribution in [0.4, 0.5) is 10.5 Å². The third-order valence-electron chi connectivity index (χ3n) is 5.27. The predicted molar refractivity (Wildman–Crippen MR) is 139 cm³/mol. The fourth-order valence-corrected chi connectivity index (χ4v) is 4.81. The molecule has 0 saturated carbocycles. The number of fused-ring (bicyclic) bond motifs is 1. The van der Waals surface area contributed by atoms with Gasteiger partial charge in [-0.2, -0.15) is 0 Å². The number of carboxylic acid groups (broad SMARTS) is 1. The van der Waals surface area contributed by atoms with Crippen molar-refractivity contribution in [3.05, 3.63) is 69.6 Å². The van der Waals surface area contributed by atoms with Gasteiger partial charge in [0, 0.05) is 6.20 Å². The predicted octanol–water partition coefficient (Wildman–Crippen LogP) is 3.10. The molecule has 0 fully saturated rings. The lowest BCUT2D eigenvalue weighted by Crippen LogP contribution is -2.44. The Morgan fingerprint density at radius 1 is 1.22 bits per heavy atom. The highest BCUT2D eigenvalue weighted by molar-refractivity contribution is 7.18. The van der Waals surface area contributed by atoms with Crippen LogP contribution in [0.15, 0.2) is 53.5 Å². The molecule has 0 bridgehead atoms. The molecule has 0 aliphatic carbocycles. The molecule has 0 aliphatic heterocycles. The second-order valence-corrected chi connectivity index (χ2v) is 9.78. The van der Waals surface area contributed by atoms with Crippen molar-refractivity contribution in [2.24, 2.45) is 11.7 Å². The molecule has 0 radical (unpaired) electrons. The fourth-order valence-electron chi connectivity index (χ4n) is 3.72. The van der Waals surface area contributed by atoms with Crippen molar-refractivity contribution in [1.29, 1.82) is 0 Å². The number of thiazole rings is 1. The largest absolute Gasteiger partial charge is 0.465 e. The second kappa shape index (κ2) is 12.1. The molecule has 2 heterocycles. The van der Waals surface area contributed by atoms with Gasteiger partial charge in [-0.3, -0.25) is 14.4 Å². The molecular weight excluding hydrogens is 482 g/mol. The van der Waals surface area contributed by atoms with Gasteiger partial charge in [0.25, 0.3) is 5.56 Å². The summed E-state index contributed by atoms with van der Waals surface area (Å²) in [6.07, 6.45) is 4.06. The Hall–Kier alpha value is -3.99. The number of allylic oxidation sites excluding steroid dienone is 1. The Labute approximate surface area is 211 Å². The van der Waals surface area contributed by atoms with Crippen molar-refractivity contribution in [2.45, 2.75) is 45.7 Å². The number of hydrogen-bond donors (Lipinski definition) is 4. The van der Waals surface area contributed by atoms with Crippen molar-refractivity contribution in [2.75, 3.05) is 5.32 Å². The minimum atomic E-state index is -1.38. The van der Waals surface area contributed by atoms with Gasteiger partial charge in [-0.05, 0) is 55.0 Å². The summed E-state index contributed by atoms with van der Waals surface area (Å²) in [5.74, 6) is -0.822. The molecule has 1 aromatic carbocycles. The van der Waals surface area contributed by atoms with Crippen LogP contribution < -0.4 is 21.9 Å². The van der Waals surface area contributed by atoms with E-state index < -0.39 is 29.5 Å². The first-order valence-electron chi connectivity index (χ1n) is 11.5. The molecule has 36 heavy (non-hydrogen) atoms. The van der Waals surface area contributed by atoms with Gasteiger partial charge < -0.3 is 26.0 Å². The number of amides is 3. The number of hydrogen-bond acceptors (Lipinski definition) is 6. The lowest BCUT2D eigenvalue weighted by molar-refractivity contribution is -0.118. The van der Waals surface area contributed by atoms with Crippen LogP contribution in [0, 0.1) is 5.92 Å².